The van der Waals surface area contributed by atoms with E-state index in [1.165, 1.54) is 12.1 Å². The Balaban J connectivity index is 2.12. The SMILES string of the molecule is COc1ccc(-c2nc3cc(F)cc(N)c3o2)cc1. The fraction of sp³-hybridized carbons (Fsp3) is 0.0714. The van der Waals surface area contributed by atoms with Crippen LogP contribution in [0.25, 0.3) is 22.6 Å². The molecule has 2 aromatic carbocycles. The Morgan fingerprint density at radius 1 is 1.21 bits per heavy atom. The van der Waals surface area contributed by atoms with E-state index in [2.05, 4.69) is 4.98 Å². The van der Waals surface area contributed by atoms with Gasteiger partial charge < -0.3 is 14.9 Å². The quantitative estimate of drug-likeness (QED) is 0.717. The Kier molecular flexibility index (Phi) is 2.59. The van der Waals surface area contributed by atoms with Crippen LogP contribution < -0.4 is 10.5 Å². The highest BCUT2D eigenvalue weighted by molar-refractivity contribution is 5.86. The number of methoxy groups -OCH3 is 1. The maximum atomic E-state index is 13.2. The van der Waals surface area contributed by atoms with Gasteiger partial charge in [0.25, 0.3) is 0 Å². The van der Waals surface area contributed by atoms with E-state index in [4.69, 9.17) is 14.9 Å². The average Bonchev–Trinajstić information content (AvgIpc) is 2.83. The van der Waals surface area contributed by atoms with E-state index in [0.29, 0.717) is 17.0 Å². The lowest BCUT2D eigenvalue weighted by atomic mass is 10.2. The Morgan fingerprint density at radius 2 is 1.95 bits per heavy atom. The third-order valence-electron chi connectivity index (χ3n) is 2.82. The van der Waals surface area contributed by atoms with Crippen molar-refractivity contribution < 1.29 is 13.5 Å². The smallest absolute Gasteiger partial charge is 0.227 e. The summed E-state index contributed by atoms with van der Waals surface area (Å²) in [5.41, 5.74) is 7.51. The first-order valence-corrected chi connectivity index (χ1v) is 5.67. The molecule has 0 saturated carbocycles. The van der Waals surface area contributed by atoms with Crippen LogP contribution in [0.5, 0.6) is 5.75 Å². The van der Waals surface area contributed by atoms with Crippen LogP contribution in [-0.2, 0) is 0 Å². The fourth-order valence-corrected chi connectivity index (χ4v) is 1.88. The number of hydrogen-bond donors (Lipinski definition) is 1. The van der Waals surface area contributed by atoms with E-state index in [-0.39, 0.29) is 5.69 Å². The number of oxazole rings is 1. The first kappa shape index (κ1) is 11.5. The van der Waals surface area contributed by atoms with E-state index in [1.54, 1.807) is 19.2 Å². The second kappa shape index (κ2) is 4.28. The Morgan fingerprint density at radius 3 is 2.63 bits per heavy atom. The summed E-state index contributed by atoms with van der Waals surface area (Å²) < 4.78 is 23.9. The largest absolute Gasteiger partial charge is 0.497 e. The van der Waals surface area contributed by atoms with Gasteiger partial charge in [0.05, 0.1) is 12.8 Å². The van der Waals surface area contributed by atoms with Gasteiger partial charge in [0.15, 0.2) is 5.58 Å². The second-order valence-corrected chi connectivity index (χ2v) is 4.09. The van der Waals surface area contributed by atoms with Crippen LogP contribution in [0, 0.1) is 5.82 Å². The highest BCUT2D eigenvalue weighted by Gasteiger charge is 2.12. The molecule has 0 radical (unpaired) electrons. The average molecular weight is 258 g/mol. The predicted octanol–water partition coefficient (Wildman–Crippen LogP) is 3.22. The summed E-state index contributed by atoms with van der Waals surface area (Å²) in [6.45, 7) is 0. The van der Waals surface area contributed by atoms with Crippen molar-refractivity contribution in [3.8, 4) is 17.2 Å². The van der Waals surface area contributed by atoms with Crippen molar-refractivity contribution in [2.45, 2.75) is 0 Å². The highest BCUT2D eigenvalue weighted by atomic mass is 19.1. The Bertz CT molecular complexity index is 735. The van der Waals surface area contributed by atoms with Gasteiger partial charge in [-0.05, 0) is 24.3 Å². The van der Waals surface area contributed by atoms with Gasteiger partial charge in [-0.3, -0.25) is 0 Å². The molecule has 1 aromatic heterocycles. The van der Waals surface area contributed by atoms with Gasteiger partial charge in [-0.1, -0.05) is 0 Å². The lowest BCUT2D eigenvalue weighted by Gasteiger charge is -1.99. The Labute approximate surface area is 108 Å². The van der Waals surface area contributed by atoms with Crippen LogP contribution in [0.4, 0.5) is 10.1 Å². The summed E-state index contributed by atoms with van der Waals surface area (Å²) in [4.78, 5) is 4.23. The van der Waals surface area contributed by atoms with Gasteiger partial charge in [-0.2, -0.15) is 0 Å². The van der Waals surface area contributed by atoms with Crippen molar-refractivity contribution in [1.82, 2.24) is 4.98 Å². The minimum atomic E-state index is -0.431. The van der Waals surface area contributed by atoms with E-state index < -0.39 is 5.82 Å². The molecule has 0 bridgehead atoms. The maximum Gasteiger partial charge on any atom is 0.227 e. The van der Waals surface area contributed by atoms with Gasteiger partial charge in [-0.25, -0.2) is 9.37 Å². The zero-order chi connectivity index (χ0) is 13.4. The zero-order valence-electron chi connectivity index (χ0n) is 10.2. The summed E-state index contributed by atoms with van der Waals surface area (Å²) in [7, 11) is 1.60. The zero-order valence-corrected chi connectivity index (χ0v) is 10.2. The van der Waals surface area contributed by atoms with Gasteiger partial charge in [0.1, 0.15) is 17.1 Å². The molecule has 19 heavy (non-hydrogen) atoms. The molecule has 3 aromatic rings. The number of aromatic nitrogens is 1. The number of hydrogen-bond acceptors (Lipinski definition) is 4. The molecule has 0 saturated heterocycles. The monoisotopic (exact) mass is 258 g/mol. The van der Waals surface area contributed by atoms with Crippen LogP contribution in [0.3, 0.4) is 0 Å². The van der Waals surface area contributed by atoms with Gasteiger partial charge in [0, 0.05) is 17.7 Å². The van der Waals surface area contributed by atoms with Crippen molar-refractivity contribution in [3.63, 3.8) is 0 Å². The number of fused-ring (bicyclic) bond motifs is 1. The first-order valence-electron chi connectivity index (χ1n) is 5.67. The molecular formula is C14H11FN2O2. The molecule has 0 atom stereocenters. The molecule has 4 nitrogen and oxygen atoms in total. The fourth-order valence-electron chi connectivity index (χ4n) is 1.88. The van der Waals surface area contributed by atoms with Crippen molar-refractivity contribution in [1.29, 1.82) is 0 Å². The van der Waals surface area contributed by atoms with Gasteiger partial charge in [-0.15, -0.1) is 0 Å². The Hall–Kier alpha value is -2.56. The van der Waals surface area contributed by atoms with E-state index in [1.807, 2.05) is 12.1 Å². The van der Waals surface area contributed by atoms with Crippen LogP contribution in [0.15, 0.2) is 40.8 Å². The molecular weight excluding hydrogens is 247 g/mol. The molecule has 0 spiro atoms. The molecule has 1 heterocycles. The molecule has 5 heteroatoms. The molecule has 3 rings (SSSR count). The van der Waals surface area contributed by atoms with E-state index in [9.17, 15) is 4.39 Å². The molecule has 0 unspecified atom stereocenters. The van der Waals surface area contributed by atoms with Crippen LogP contribution in [0.1, 0.15) is 0 Å². The number of halogens is 1. The number of nitrogens with two attached hydrogens (primary N) is 1. The summed E-state index contributed by atoms with van der Waals surface area (Å²) >= 11 is 0. The lowest BCUT2D eigenvalue weighted by Crippen LogP contribution is -1.86. The molecule has 0 aliphatic heterocycles. The minimum Gasteiger partial charge on any atom is -0.497 e. The second-order valence-electron chi connectivity index (χ2n) is 4.09. The molecule has 2 N–H and O–H groups in total. The first-order chi connectivity index (χ1) is 9.17. The van der Waals surface area contributed by atoms with Crippen LogP contribution in [0.2, 0.25) is 0 Å². The number of benzene rings is 2. The van der Waals surface area contributed by atoms with Crippen LogP contribution >= 0.6 is 0 Å². The maximum absolute atomic E-state index is 13.2. The standard InChI is InChI=1S/C14H11FN2O2/c1-18-10-4-2-8(3-5-10)14-17-12-7-9(15)6-11(16)13(12)19-14/h2-7H,16H2,1H3. The lowest BCUT2D eigenvalue weighted by molar-refractivity contribution is 0.415. The van der Waals surface area contributed by atoms with Crippen molar-refractivity contribution >= 4 is 16.8 Å². The van der Waals surface area contributed by atoms with Crippen molar-refractivity contribution in [2.75, 3.05) is 12.8 Å². The molecule has 96 valence electrons. The van der Waals surface area contributed by atoms with Crippen molar-refractivity contribution in [3.05, 3.63) is 42.2 Å². The van der Waals surface area contributed by atoms with Crippen LogP contribution in [-0.4, -0.2) is 12.1 Å². The minimum absolute atomic E-state index is 0.238. The molecule has 0 aliphatic rings. The summed E-state index contributed by atoms with van der Waals surface area (Å²) in [6.07, 6.45) is 0. The number of nitrogen functional groups attached to an aromatic ring is 1. The summed E-state index contributed by atoms with van der Waals surface area (Å²) in [5.74, 6) is 0.708. The van der Waals surface area contributed by atoms with E-state index in [0.717, 1.165) is 11.3 Å². The molecule has 0 fully saturated rings. The summed E-state index contributed by atoms with van der Waals surface area (Å²) in [5, 5.41) is 0. The molecule has 0 aliphatic carbocycles. The third-order valence-corrected chi connectivity index (χ3v) is 2.82. The number of rotatable bonds is 2. The predicted molar refractivity (Wildman–Crippen MR) is 70.4 cm³/mol. The normalized spacial score (nSPS) is 10.8. The molecule has 0 amide bonds. The third kappa shape index (κ3) is 1.99. The number of nitrogens with zero attached hydrogens (tertiary/aromatic N) is 1. The highest BCUT2D eigenvalue weighted by Crippen LogP contribution is 2.29. The topological polar surface area (TPSA) is 61.3 Å². The number of anilines is 1. The summed E-state index contributed by atoms with van der Waals surface area (Å²) in [6, 6.07) is 9.74. The van der Waals surface area contributed by atoms with E-state index >= 15 is 0 Å². The van der Waals surface area contributed by atoms with Gasteiger partial charge in [0.2, 0.25) is 5.89 Å². The van der Waals surface area contributed by atoms with Crippen molar-refractivity contribution in [2.24, 2.45) is 0 Å². The van der Waals surface area contributed by atoms with Gasteiger partial charge >= 0.3 is 0 Å². The number of ether oxygens (including phenoxy) is 1.